The van der Waals surface area contributed by atoms with E-state index in [1.807, 2.05) is 14.0 Å². The Morgan fingerprint density at radius 3 is 2.70 bits per heavy atom. The van der Waals surface area contributed by atoms with Crippen molar-refractivity contribution in [3.8, 4) is 6.01 Å². The van der Waals surface area contributed by atoms with Crippen LogP contribution in [-0.4, -0.2) is 40.3 Å². The molecule has 1 aromatic carbocycles. The molecule has 0 radical (unpaired) electrons. The summed E-state index contributed by atoms with van der Waals surface area (Å²) in [5.74, 6) is -0.535. The Hall–Kier alpha value is -1.86. The molecule has 1 aliphatic carbocycles. The quantitative estimate of drug-likeness (QED) is 0.808. The Labute approximate surface area is 163 Å². The molecule has 1 atom stereocenters. The Morgan fingerprint density at radius 1 is 1.37 bits per heavy atom. The minimum absolute atomic E-state index is 0.00342. The van der Waals surface area contributed by atoms with Crippen LogP contribution in [0.3, 0.4) is 0 Å². The van der Waals surface area contributed by atoms with Crippen LogP contribution in [0.15, 0.2) is 12.1 Å². The number of nitrogens with one attached hydrogen (secondary N) is 1. The van der Waals surface area contributed by atoms with E-state index in [1.165, 1.54) is 13.0 Å². The number of carbonyl (C=O) groups is 1. The number of amides is 1. The average molecular weight is 398 g/mol. The molecule has 1 heterocycles. The number of aryl methyl sites for hydroxylation is 1. The zero-order chi connectivity index (χ0) is 19.6. The lowest BCUT2D eigenvalue weighted by Crippen LogP contribution is -2.37. The summed E-state index contributed by atoms with van der Waals surface area (Å²) in [5.41, 5.74) is 1.26. The second-order valence-corrected chi connectivity index (χ2v) is 7.57. The monoisotopic (exact) mass is 397 g/mol. The summed E-state index contributed by atoms with van der Waals surface area (Å²) in [7, 11) is 1.83. The van der Waals surface area contributed by atoms with Gasteiger partial charge in [-0.15, -0.1) is 0 Å². The van der Waals surface area contributed by atoms with Crippen molar-refractivity contribution in [1.82, 2.24) is 14.9 Å². The first-order valence-corrected chi connectivity index (χ1v) is 9.58. The molecule has 2 aromatic rings. The number of hydrogen-bond acceptors (Lipinski definition) is 4. The van der Waals surface area contributed by atoms with Gasteiger partial charge in [0.05, 0.1) is 28.8 Å². The lowest BCUT2D eigenvalue weighted by Gasteiger charge is -2.29. The highest BCUT2D eigenvalue weighted by Crippen LogP contribution is 2.29. The smallest absolute Gasteiger partial charge is 0.297 e. The number of fused-ring (bicyclic) bond motifs is 1. The van der Waals surface area contributed by atoms with Gasteiger partial charge in [0.25, 0.3) is 6.01 Å². The molecule has 1 amide bonds. The van der Waals surface area contributed by atoms with Gasteiger partial charge < -0.3 is 14.8 Å². The Bertz CT molecular complexity index is 818. The standard InChI is InChI=1S/C19H25ClFN3O3/c1-11(22-12(2)25)10-26-13-4-6-14(7-5-13)27-19-23-17-9-16(21)15(20)8-18(17)24(19)3/h8-9,11,13-14H,4-7,10H2,1-3H3,(H,22,25)/t11-,13?,14?/m0/s1. The Kier molecular flexibility index (Phi) is 6.22. The normalized spacial score (nSPS) is 21.2. The molecule has 8 heteroatoms. The molecule has 0 unspecified atom stereocenters. The maximum Gasteiger partial charge on any atom is 0.297 e. The predicted molar refractivity (Wildman–Crippen MR) is 102 cm³/mol. The molecule has 0 spiro atoms. The maximum absolute atomic E-state index is 13.6. The number of rotatable bonds is 6. The molecule has 1 saturated carbocycles. The SMILES string of the molecule is CC(=O)N[C@@H](C)COC1CCC(Oc2nc3cc(F)c(Cl)cc3n2C)CC1. The first-order valence-electron chi connectivity index (χ1n) is 9.20. The van der Waals surface area contributed by atoms with E-state index < -0.39 is 5.82 Å². The highest BCUT2D eigenvalue weighted by molar-refractivity contribution is 6.31. The number of carbonyl (C=O) groups excluding carboxylic acids is 1. The lowest BCUT2D eigenvalue weighted by atomic mass is 9.95. The number of hydrogen-bond donors (Lipinski definition) is 1. The fourth-order valence-electron chi connectivity index (χ4n) is 3.41. The van der Waals surface area contributed by atoms with Crippen molar-refractivity contribution in [2.45, 2.75) is 57.8 Å². The van der Waals surface area contributed by atoms with Gasteiger partial charge in [0.1, 0.15) is 11.9 Å². The second-order valence-electron chi connectivity index (χ2n) is 7.16. The van der Waals surface area contributed by atoms with E-state index in [0.717, 1.165) is 31.2 Å². The third-order valence-corrected chi connectivity index (χ3v) is 5.10. The molecule has 1 fully saturated rings. The summed E-state index contributed by atoms with van der Waals surface area (Å²) in [6.45, 7) is 3.94. The second kappa shape index (κ2) is 8.44. The predicted octanol–water partition coefficient (Wildman–Crippen LogP) is 3.60. The van der Waals surface area contributed by atoms with Crippen molar-refractivity contribution < 1.29 is 18.7 Å². The van der Waals surface area contributed by atoms with Gasteiger partial charge >= 0.3 is 0 Å². The number of ether oxygens (including phenoxy) is 2. The van der Waals surface area contributed by atoms with Crippen molar-refractivity contribution in [2.24, 2.45) is 7.05 Å². The van der Waals surface area contributed by atoms with Gasteiger partial charge in [0, 0.05) is 26.1 Å². The number of imidazole rings is 1. The number of halogens is 2. The van der Waals surface area contributed by atoms with Crippen LogP contribution >= 0.6 is 11.6 Å². The Balaban J connectivity index is 1.53. The van der Waals surface area contributed by atoms with Crippen LogP contribution in [0.2, 0.25) is 5.02 Å². The molecule has 148 valence electrons. The van der Waals surface area contributed by atoms with E-state index in [4.69, 9.17) is 21.1 Å². The van der Waals surface area contributed by atoms with E-state index >= 15 is 0 Å². The van der Waals surface area contributed by atoms with Gasteiger partial charge in [-0.2, -0.15) is 4.98 Å². The van der Waals surface area contributed by atoms with Gasteiger partial charge in [-0.1, -0.05) is 11.6 Å². The van der Waals surface area contributed by atoms with E-state index in [-0.39, 0.29) is 29.2 Å². The van der Waals surface area contributed by atoms with Crippen LogP contribution in [0.25, 0.3) is 11.0 Å². The fraction of sp³-hybridized carbons (Fsp3) is 0.579. The van der Waals surface area contributed by atoms with E-state index in [1.54, 1.807) is 10.6 Å². The van der Waals surface area contributed by atoms with Gasteiger partial charge in [-0.3, -0.25) is 9.36 Å². The van der Waals surface area contributed by atoms with Crippen LogP contribution in [0.5, 0.6) is 6.01 Å². The molecule has 1 aliphatic rings. The number of nitrogens with zero attached hydrogens (tertiary/aromatic N) is 2. The molecular weight excluding hydrogens is 373 g/mol. The summed E-state index contributed by atoms with van der Waals surface area (Å²) in [6, 6.07) is 3.36. The molecule has 3 rings (SSSR count). The van der Waals surface area contributed by atoms with Crippen molar-refractivity contribution in [3.63, 3.8) is 0 Å². The third kappa shape index (κ3) is 4.90. The molecule has 0 bridgehead atoms. The van der Waals surface area contributed by atoms with Crippen LogP contribution in [0.1, 0.15) is 39.5 Å². The lowest BCUT2D eigenvalue weighted by molar-refractivity contribution is -0.120. The summed E-state index contributed by atoms with van der Waals surface area (Å²) >= 11 is 5.86. The largest absolute Gasteiger partial charge is 0.461 e. The Morgan fingerprint density at radius 2 is 2.04 bits per heavy atom. The fourth-order valence-corrected chi connectivity index (χ4v) is 3.56. The first kappa shape index (κ1) is 19.9. The third-order valence-electron chi connectivity index (χ3n) is 4.81. The van der Waals surface area contributed by atoms with Gasteiger partial charge in [-0.05, 0) is 38.7 Å². The average Bonchev–Trinajstić information content (AvgIpc) is 2.89. The summed E-state index contributed by atoms with van der Waals surface area (Å²) in [5, 5.41) is 2.89. The molecule has 0 aliphatic heterocycles. The summed E-state index contributed by atoms with van der Waals surface area (Å²) < 4.78 is 27.4. The number of aromatic nitrogens is 2. The zero-order valence-corrected chi connectivity index (χ0v) is 16.6. The van der Waals surface area contributed by atoms with Gasteiger partial charge in [0.2, 0.25) is 5.91 Å². The van der Waals surface area contributed by atoms with Crippen molar-refractivity contribution >= 4 is 28.5 Å². The van der Waals surface area contributed by atoms with Crippen molar-refractivity contribution in [2.75, 3.05) is 6.61 Å². The van der Waals surface area contributed by atoms with E-state index in [2.05, 4.69) is 10.3 Å². The molecule has 0 saturated heterocycles. The van der Waals surface area contributed by atoms with Crippen molar-refractivity contribution in [3.05, 3.63) is 23.0 Å². The molecule has 1 aromatic heterocycles. The van der Waals surface area contributed by atoms with Gasteiger partial charge in [0.15, 0.2) is 0 Å². The molecule has 1 N–H and O–H groups in total. The topological polar surface area (TPSA) is 65.4 Å². The highest BCUT2D eigenvalue weighted by atomic mass is 35.5. The van der Waals surface area contributed by atoms with Crippen LogP contribution in [0, 0.1) is 5.82 Å². The van der Waals surface area contributed by atoms with Crippen LogP contribution in [-0.2, 0) is 16.6 Å². The first-order chi connectivity index (χ1) is 12.8. The minimum atomic E-state index is -0.486. The van der Waals surface area contributed by atoms with Crippen molar-refractivity contribution in [1.29, 1.82) is 0 Å². The molecule has 27 heavy (non-hydrogen) atoms. The highest BCUT2D eigenvalue weighted by Gasteiger charge is 2.25. The molecular formula is C19H25ClFN3O3. The van der Waals surface area contributed by atoms with Gasteiger partial charge in [-0.25, -0.2) is 4.39 Å². The molecule has 6 nitrogen and oxygen atoms in total. The van der Waals surface area contributed by atoms with Crippen LogP contribution in [0.4, 0.5) is 4.39 Å². The maximum atomic E-state index is 13.6. The minimum Gasteiger partial charge on any atom is -0.461 e. The summed E-state index contributed by atoms with van der Waals surface area (Å²) in [6.07, 6.45) is 3.72. The van der Waals surface area contributed by atoms with E-state index in [9.17, 15) is 9.18 Å². The van der Waals surface area contributed by atoms with Crippen LogP contribution < -0.4 is 10.1 Å². The zero-order valence-electron chi connectivity index (χ0n) is 15.8. The summed E-state index contributed by atoms with van der Waals surface area (Å²) in [4.78, 5) is 15.4. The van der Waals surface area contributed by atoms with E-state index in [0.29, 0.717) is 18.1 Å². The number of benzene rings is 1.